The molecule has 4 heteroatoms. The first-order valence-corrected chi connectivity index (χ1v) is 8.28. The highest BCUT2D eigenvalue weighted by molar-refractivity contribution is 5.77. The summed E-state index contributed by atoms with van der Waals surface area (Å²) in [6.45, 7) is 6.65. The Balaban J connectivity index is 2.18. The number of amides is 1. The van der Waals surface area contributed by atoms with Gasteiger partial charge in [0.15, 0.2) is 0 Å². The van der Waals surface area contributed by atoms with Gasteiger partial charge < -0.3 is 10.1 Å². The third kappa shape index (κ3) is 4.23. The molecule has 4 nitrogen and oxygen atoms in total. The molecule has 0 spiro atoms. The molecular formula is C18H28N2O2. The summed E-state index contributed by atoms with van der Waals surface area (Å²) in [5, 5.41) is 3.09. The number of piperidine rings is 1. The maximum atomic E-state index is 12.0. The Morgan fingerprint density at radius 1 is 1.23 bits per heavy atom. The summed E-state index contributed by atoms with van der Waals surface area (Å²) in [6.07, 6.45) is 3.75. The summed E-state index contributed by atoms with van der Waals surface area (Å²) in [6, 6.07) is 8.32. The third-order valence-electron chi connectivity index (χ3n) is 4.32. The second-order valence-electron chi connectivity index (χ2n) is 6.25. The molecule has 1 saturated heterocycles. The molecule has 1 fully saturated rings. The van der Waals surface area contributed by atoms with Crippen LogP contribution >= 0.6 is 0 Å². The number of nitrogens with one attached hydrogen (secondary N) is 1. The molecule has 1 aromatic carbocycles. The molecule has 0 aromatic heterocycles. The van der Waals surface area contributed by atoms with E-state index in [0.717, 1.165) is 24.4 Å². The fourth-order valence-electron chi connectivity index (χ4n) is 3.01. The minimum atomic E-state index is 0.0136. The highest BCUT2D eigenvalue weighted by Crippen LogP contribution is 2.30. The van der Waals surface area contributed by atoms with E-state index in [0.29, 0.717) is 6.54 Å². The summed E-state index contributed by atoms with van der Waals surface area (Å²) < 4.78 is 5.53. The lowest BCUT2D eigenvalue weighted by Crippen LogP contribution is -2.41. The summed E-state index contributed by atoms with van der Waals surface area (Å²) in [7, 11) is 1.71. The van der Waals surface area contributed by atoms with Crippen LogP contribution in [0.4, 0.5) is 0 Å². The van der Waals surface area contributed by atoms with E-state index in [4.69, 9.17) is 4.74 Å². The zero-order valence-electron chi connectivity index (χ0n) is 14.0. The molecule has 1 unspecified atom stereocenters. The van der Waals surface area contributed by atoms with Crippen molar-refractivity contribution < 1.29 is 9.53 Å². The molecule has 22 heavy (non-hydrogen) atoms. The maximum absolute atomic E-state index is 12.0. The Morgan fingerprint density at radius 2 is 1.91 bits per heavy atom. The number of carbonyl (C=O) groups is 1. The van der Waals surface area contributed by atoms with E-state index >= 15 is 0 Å². The molecule has 0 radical (unpaired) electrons. The van der Waals surface area contributed by atoms with E-state index < -0.39 is 0 Å². The molecule has 0 saturated carbocycles. The zero-order chi connectivity index (χ0) is 15.9. The van der Waals surface area contributed by atoms with E-state index in [1.54, 1.807) is 7.11 Å². The summed E-state index contributed by atoms with van der Waals surface area (Å²) in [4.78, 5) is 14.4. The number of benzene rings is 1. The number of likely N-dealkylation sites (tertiary alicyclic amines) is 1. The molecule has 0 bridgehead atoms. The number of hydrogen-bond acceptors (Lipinski definition) is 3. The fourth-order valence-corrected chi connectivity index (χ4v) is 3.01. The standard InChI is InChI=1S/C18H28N2O2/c1-14(2)18(21)19-13-16(20-11-7-4-8-12-20)15-9-5-6-10-17(15)22-3/h5-6,9-10,14,16H,4,7-8,11-13H2,1-3H3,(H,19,21). The van der Waals surface area contributed by atoms with Crippen molar-refractivity contribution in [3.8, 4) is 5.75 Å². The topological polar surface area (TPSA) is 41.6 Å². The SMILES string of the molecule is COc1ccccc1C(CNC(=O)C(C)C)N1CCCCC1. The Hall–Kier alpha value is -1.55. The van der Waals surface area contributed by atoms with Crippen molar-refractivity contribution in [1.82, 2.24) is 10.2 Å². The maximum Gasteiger partial charge on any atom is 0.222 e. The number of hydrogen-bond donors (Lipinski definition) is 1. The molecule has 1 N–H and O–H groups in total. The van der Waals surface area contributed by atoms with Crippen LogP contribution in [-0.4, -0.2) is 37.6 Å². The fraction of sp³-hybridized carbons (Fsp3) is 0.611. The van der Waals surface area contributed by atoms with Crippen molar-refractivity contribution in [2.45, 2.75) is 39.2 Å². The predicted molar refractivity (Wildman–Crippen MR) is 89.0 cm³/mol. The molecule has 122 valence electrons. The Morgan fingerprint density at radius 3 is 2.55 bits per heavy atom. The molecule has 0 aliphatic carbocycles. The molecule has 1 heterocycles. The second-order valence-corrected chi connectivity index (χ2v) is 6.25. The third-order valence-corrected chi connectivity index (χ3v) is 4.32. The Kier molecular flexibility index (Phi) is 6.25. The molecule has 1 atom stereocenters. The van der Waals surface area contributed by atoms with Crippen LogP contribution in [0.5, 0.6) is 5.75 Å². The van der Waals surface area contributed by atoms with Crippen LogP contribution < -0.4 is 10.1 Å². The van der Waals surface area contributed by atoms with Gasteiger partial charge in [0, 0.05) is 18.0 Å². The van der Waals surface area contributed by atoms with E-state index in [-0.39, 0.29) is 17.9 Å². The monoisotopic (exact) mass is 304 g/mol. The summed E-state index contributed by atoms with van der Waals surface area (Å²) in [5.74, 6) is 1.02. The predicted octanol–water partition coefficient (Wildman–Crippen LogP) is 2.99. The van der Waals surface area contributed by atoms with Gasteiger partial charge in [-0.25, -0.2) is 0 Å². The van der Waals surface area contributed by atoms with E-state index in [2.05, 4.69) is 16.3 Å². The van der Waals surface area contributed by atoms with Gasteiger partial charge in [-0.05, 0) is 32.0 Å². The lowest BCUT2D eigenvalue weighted by molar-refractivity contribution is -0.124. The number of ether oxygens (including phenoxy) is 1. The quantitative estimate of drug-likeness (QED) is 0.878. The van der Waals surface area contributed by atoms with Crippen LogP contribution in [0.25, 0.3) is 0 Å². The van der Waals surface area contributed by atoms with E-state index in [1.165, 1.54) is 19.3 Å². The van der Waals surface area contributed by atoms with Crippen molar-refractivity contribution >= 4 is 5.91 Å². The van der Waals surface area contributed by atoms with Gasteiger partial charge in [-0.15, -0.1) is 0 Å². The van der Waals surface area contributed by atoms with Crippen LogP contribution in [0.1, 0.15) is 44.7 Å². The van der Waals surface area contributed by atoms with Gasteiger partial charge in [0.2, 0.25) is 5.91 Å². The van der Waals surface area contributed by atoms with E-state index in [9.17, 15) is 4.79 Å². The summed E-state index contributed by atoms with van der Waals surface area (Å²) >= 11 is 0. The normalized spacial score (nSPS) is 17.3. The van der Waals surface area contributed by atoms with Gasteiger partial charge in [0.05, 0.1) is 13.2 Å². The van der Waals surface area contributed by atoms with Crippen LogP contribution in [-0.2, 0) is 4.79 Å². The summed E-state index contributed by atoms with van der Waals surface area (Å²) in [5.41, 5.74) is 1.16. The molecule has 1 aromatic rings. The van der Waals surface area contributed by atoms with Crippen LogP contribution in [0.15, 0.2) is 24.3 Å². The van der Waals surface area contributed by atoms with Crippen molar-refractivity contribution in [2.24, 2.45) is 5.92 Å². The number of rotatable bonds is 6. The first kappa shape index (κ1) is 16.8. The lowest BCUT2D eigenvalue weighted by Gasteiger charge is -2.35. The minimum Gasteiger partial charge on any atom is -0.496 e. The number of para-hydroxylation sites is 1. The zero-order valence-corrected chi connectivity index (χ0v) is 14.0. The van der Waals surface area contributed by atoms with Crippen molar-refractivity contribution in [3.63, 3.8) is 0 Å². The average Bonchev–Trinajstić information content (AvgIpc) is 2.56. The van der Waals surface area contributed by atoms with Gasteiger partial charge in [0.25, 0.3) is 0 Å². The van der Waals surface area contributed by atoms with Gasteiger partial charge in [-0.2, -0.15) is 0 Å². The van der Waals surface area contributed by atoms with Crippen molar-refractivity contribution in [3.05, 3.63) is 29.8 Å². The van der Waals surface area contributed by atoms with E-state index in [1.807, 2.05) is 32.0 Å². The Labute approximate surface area is 133 Å². The first-order chi connectivity index (χ1) is 10.6. The molecular weight excluding hydrogens is 276 g/mol. The molecule has 2 rings (SSSR count). The van der Waals surface area contributed by atoms with Crippen molar-refractivity contribution in [2.75, 3.05) is 26.7 Å². The van der Waals surface area contributed by atoms with Gasteiger partial charge in [-0.1, -0.05) is 38.5 Å². The minimum absolute atomic E-state index is 0.0136. The van der Waals surface area contributed by atoms with Crippen molar-refractivity contribution in [1.29, 1.82) is 0 Å². The average molecular weight is 304 g/mol. The Bertz CT molecular complexity index is 482. The lowest BCUT2D eigenvalue weighted by atomic mass is 10.0. The van der Waals surface area contributed by atoms with Crippen LogP contribution in [0.2, 0.25) is 0 Å². The molecule has 1 aliphatic rings. The second kappa shape index (κ2) is 8.18. The smallest absolute Gasteiger partial charge is 0.222 e. The highest BCUT2D eigenvalue weighted by Gasteiger charge is 2.25. The first-order valence-electron chi connectivity index (χ1n) is 8.28. The van der Waals surface area contributed by atoms with Crippen LogP contribution in [0, 0.1) is 5.92 Å². The molecule has 1 amide bonds. The number of methoxy groups -OCH3 is 1. The molecule has 1 aliphatic heterocycles. The largest absolute Gasteiger partial charge is 0.496 e. The van der Waals surface area contributed by atoms with Crippen LogP contribution in [0.3, 0.4) is 0 Å². The number of carbonyl (C=O) groups excluding carboxylic acids is 1. The number of nitrogens with zero attached hydrogens (tertiary/aromatic N) is 1. The van der Waals surface area contributed by atoms with Gasteiger partial charge in [-0.3, -0.25) is 9.69 Å². The van der Waals surface area contributed by atoms with Gasteiger partial charge in [0.1, 0.15) is 5.75 Å². The highest BCUT2D eigenvalue weighted by atomic mass is 16.5. The van der Waals surface area contributed by atoms with Gasteiger partial charge >= 0.3 is 0 Å².